The minimum absolute atomic E-state index is 0. The van der Waals surface area contributed by atoms with Crippen molar-refractivity contribution in [1.29, 1.82) is 0 Å². The Balaban J connectivity index is 0.00000220. The Morgan fingerprint density at radius 2 is 2.14 bits per heavy atom. The van der Waals surface area contributed by atoms with E-state index >= 15 is 0 Å². The minimum atomic E-state index is -0.176. The number of hydrogen-bond donors (Lipinski definition) is 0. The first kappa shape index (κ1) is 18.4. The van der Waals surface area contributed by atoms with Crippen molar-refractivity contribution in [3.8, 4) is 18.1 Å². The standard InChI is InChI=1S/C16H15BrNO2.Y/c1-3-11-20-13-7-5-12(6-8-13)15-10-9-14(17)16(19)18(15)4-2;/h1,5-8,14H,4,9,11H2,2H3;/q-1;. The molecule has 1 unspecified atom stereocenters. The van der Waals surface area contributed by atoms with Gasteiger partial charge in [0.05, 0.1) is 4.83 Å². The molecular formula is C16H15BrNO2Y-. The van der Waals surface area contributed by atoms with Gasteiger partial charge in [-0.3, -0.25) is 4.79 Å². The molecule has 0 aromatic heterocycles. The predicted octanol–water partition coefficient (Wildman–Crippen LogP) is 2.86. The van der Waals surface area contributed by atoms with Crippen LogP contribution in [0.4, 0.5) is 0 Å². The van der Waals surface area contributed by atoms with Crippen LogP contribution in [-0.4, -0.2) is 28.8 Å². The zero-order valence-electron chi connectivity index (χ0n) is 11.8. The molecule has 1 heterocycles. The van der Waals surface area contributed by atoms with E-state index in [1.54, 1.807) is 4.90 Å². The quantitative estimate of drug-likeness (QED) is 0.425. The molecule has 0 spiro atoms. The summed E-state index contributed by atoms with van der Waals surface area (Å²) in [5.41, 5.74) is 1.78. The molecule has 1 amide bonds. The smallest absolute Gasteiger partial charge is 0.236 e. The molecule has 21 heavy (non-hydrogen) atoms. The second-order valence-electron chi connectivity index (χ2n) is 4.30. The van der Waals surface area contributed by atoms with E-state index in [1.807, 2.05) is 31.2 Å². The van der Waals surface area contributed by atoms with E-state index in [0.29, 0.717) is 13.0 Å². The van der Waals surface area contributed by atoms with E-state index in [-0.39, 0.29) is 50.1 Å². The van der Waals surface area contributed by atoms with Crippen molar-refractivity contribution in [2.45, 2.75) is 18.2 Å². The summed E-state index contributed by atoms with van der Waals surface area (Å²) >= 11 is 3.37. The van der Waals surface area contributed by atoms with Gasteiger partial charge in [-0.05, 0) is 19.1 Å². The summed E-state index contributed by atoms with van der Waals surface area (Å²) in [7, 11) is 0. The fraction of sp³-hybridized carbons (Fsp3) is 0.312. The summed E-state index contributed by atoms with van der Waals surface area (Å²) in [5, 5.41) is 0. The molecule has 1 atom stereocenters. The number of nitrogens with zero attached hydrogens (tertiary/aromatic N) is 1. The van der Waals surface area contributed by atoms with Gasteiger partial charge in [0.2, 0.25) is 5.91 Å². The summed E-state index contributed by atoms with van der Waals surface area (Å²) < 4.78 is 5.34. The largest absolute Gasteiger partial charge is 0.481 e. The number of ether oxygens (including phenoxy) is 1. The molecule has 1 aromatic carbocycles. The first-order chi connectivity index (χ1) is 9.67. The first-order valence-electron chi connectivity index (χ1n) is 6.40. The average molecular weight is 422 g/mol. The molecule has 0 saturated carbocycles. The molecule has 1 radical (unpaired) electrons. The van der Waals surface area contributed by atoms with Gasteiger partial charge in [-0.25, -0.2) is 6.08 Å². The number of benzene rings is 1. The molecule has 0 fully saturated rings. The minimum Gasteiger partial charge on any atom is -0.481 e. The van der Waals surface area contributed by atoms with E-state index in [1.165, 1.54) is 0 Å². The maximum atomic E-state index is 12.1. The molecule has 0 saturated heterocycles. The molecule has 0 aliphatic carbocycles. The maximum absolute atomic E-state index is 12.1. The van der Waals surface area contributed by atoms with Gasteiger partial charge >= 0.3 is 0 Å². The summed E-state index contributed by atoms with van der Waals surface area (Å²) in [5.74, 6) is 3.22. The average Bonchev–Trinajstić information content (AvgIpc) is 2.48. The summed E-state index contributed by atoms with van der Waals surface area (Å²) in [6.45, 7) is 2.83. The third-order valence-electron chi connectivity index (χ3n) is 3.02. The summed E-state index contributed by atoms with van der Waals surface area (Å²) in [6, 6.07) is 7.52. The van der Waals surface area contributed by atoms with Gasteiger partial charge in [-0.15, -0.1) is 24.3 Å². The number of rotatable bonds is 4. The van der Waals surface area contributed by atoms with Crippen LogP contribution in [0.3, 0.4) is 0 Å². The topological polar surface area (TPSA) is 29.5 Å². The monoisotopic (exact) mass is 421 g/mol. The second-order valence-corrected chi connectivity index (χ2v) is 5.40. The van der Waals surface area contributed by atoms with E-state index in [9.17, 15) is 4.79 Å². The molecule has 3 nitrogen and oxygen atoms in total. The van der Waals surface area contributed by atoms with Crippen molar-refractivity contribution in [2.75, 3.05) is 13.2 Å². The number of hydrogen-bond acceptors (Lipinski definition) is 2. The van der Waals surface area contributed by atoms with Gasteiger partial charge < -0.3 is 9.64 Å². The maximum Gasteiger partial charge on any atom is 0.236 e. The van der Waals surface area contributed by atoms with Gasteiger partial charge in [0.1, 0.15) is 12.4 Å². The van der Waals surface area contributed by atoms with E-state index in [0.717, 1.165) is 17.0 Å². The van der Waals surface area contributed by atoms with Crippen LogP contribution >= 0.6 is 15.9 Å². The van der Waals surface area contributed by atoms with Gasteiger partial charge in [-0.1, -0.05) is 28.3 Å². The van der Waals surface area contributed by atoms with Crippen LogP contribution < -0.4 is 4.74 Å². The van der Waals surface area contributed by atoms with Crippen molar-refractivity contribution >= 4 is 27.5 Å². The zero-order chi connectivity index (χ0) is 14.5. The first-order valence-corrected chi connectivity index (χ1v) is 7.32. The van der Waals surface area contributed by atoms with Crippen LogP contribution in [-0.2, 0) is 37.5 Å². The van der Waals surface area contributed by atoms with E-state index in [4.69, 9.17) is 11.2 Å². The number of amides is 1. The molecule has 1 aliphatic rings. The predicted molar refractivity (Wildman–Crippen MR) is 82.1 cm³/mol. The van der Waals surface area contributed by atoms with Crippen molar-refractivity contribution < 1.29 is 42.2 Å². The number of terminal acetylenes is 1. The van der Waals surface area contributed by atoms with Crippen molar-refractivity contribution in [3.05, 3.63) is 35.9 Å². The normalized spacial score (nSPS) is 17.6. The van der Waals surface area contributed by atoms with Gasteiger partial charge in [0.15, 0.2) is 0 Å². The molecule has 0 N–H and O–H groups in total. The summed E-state index contributed by atoms with van der Waals surface area (Å²) in [4.78, 5) is 13.7. The van der Waals surface area contributed by atoms with Crippen LogP contribution in [0, 0.1) is 18.4 Å². The van der Waals surface area contributed by atoms with Crippen molar-refractivity contribution in [1.82, 2.24) is 4.90 Å². The number of alkyl halides is 1. The van der Waals surface area contributed by atoms with Gasteiger partial charge in [0.25, 0.3) is 0 Å². The Hall–Kier alpha value is -0.626. The zero-order valence-corrected chi connectivity index (χ0v) is 16.2. The summed E-state index contributed by atoms with van der Waals surface area (Å²) in [6.07, 6.45) is 9.01. The SMILES string of the molecule is C#CCOc1ccc(C2=[C-]CC(Br)C(=O)N2CC)cc1.[Y]. The van der Waals surface area contributed by atoms with Gasteiger partial charge in [0, 0.05) is 39.3 Å². The van der Waals surface area contributed by atoms with Crippen LogP contribution in [0.5, 0.6) is 5.75 Å². The number of carbonyl (C=O) groups is 1. The molecule has 1 aliphatic heterocycles. The number of carbonyl (C=O) groups excluding carboxylic acids is 1. The molecule has 5 heteroatoms. The Bertz CT molecular complexity index is 563. The van der Waals surface area contributed by atoms with Crippen LogP contribution in [0.1, 0.15) is 18.9 Å². The van der Waals surface area contributed by atoms with Crippen LogP contribution in [0.2, 0.25) is 0 Å². The van der Waals surface area contributed by atoms with Crippen LogP contribution in [0.15, 0.2) is 24.3 Å². The van der Waals surface area contributed by atoms with Gasteiger partial charge in [-0.2, -0.15) is 5.56 Å². The number of allylic oxidation sites excluding steroid dienone is 1. The molecule has 0 bridgehead atoms. The Morgan fingerprint density at radius 1 is 1.48 bits per heavy atom. The third-order valence-corrected chi connectivity index (χ3v) is 3.73. The Morgan fingerprint density at radius 3 is 2.71 bits per heavy atom. The molecule has 1 aromatic rings. The van der Waals surface area contributed by atoms with E-state index < -0.39 is 0 Å². The second kappa shape index (κ2) is 8.73. The third kappa shape index (κ3) is 4.42. The molecular weight excluding hydrogens is 407 g/mol. The molecule has 107 valence electrons. The van der Waals surface area contributed by atoms with Crippen LogP contribution in [0.25, 0.3) is 5.70 Å². The fourth-order valence-electron chi connectivity index (χ4n) is 2.05. The number of halogens is 1. The van der Waals surface area contributed by atoms with E-state index in [2.05, 4.69) is 27.9 Å². The Kier molecular flexibility index (Phi) is 7.66. The Labute approximate surface area is 159 Å². The fourth-order valence-corrected chi connectivity index (χ4v) is 2.46. The molecule has 2 rings (SSSR count). The van der Waals surface area contributed by atoms with Crippen molar-refractivity contribution in [3.63, 3.8) is 0 Å². The van der Waals surface area contributed by atoms with Crippen molar-refractivity contribution in [2.24, 2.45) is 0 Å².